The Kier molecular flexibility index (Phi) is 4.28. The minimum absolute atomic E-state index is 0.0966. The average molecular weight is 270 g/mol. The van der Waals surface area contributed by atoms with Crippen LogP contribution in [0.4, 0.5) is 0 Å². The van der Waals surface area contributed by atoms with E-state index in [2.05, 4.69) is 24.5 Å². The quantitative estimate of drug-likeness (QED) is 0.836. The summed E-state index contributed by atoms with van der Waals surface area (Å²) in [5, 5.41) is 0. The number of benzene rings is 1. The highest BCUT2D eigenvalue weighted by Gasteiger charge is 2.21. The largest absolute Gasteiger partial charge is 0.353 e. The molecule has 0 atom stereocenters. The summed E-state index contributed by atoms with van der Waals surface area (Å²) in [6.07, 6.45) is 2.01. The zero-order chi connectivity index (χ0) is 14.7. The number of carbonyl (C=O) groups excluding carboxylic acids is 1. The molecule has 0 radical (unpaired) electrons. The van der Waals surface area contributed by atoms with Gasteiger partial charge in [-0.25, -0.2) is 0 Å². The van der Waals surface area contributed by atoms with Crippen LogP contribution in [0.2, 0.25) is 0 Å². The predicted octanol–water partition coefficient (Wildman–Crippen LogP) is 3.38. The van der Waals surface area contributed by atoms with Gasteiger partial charge in [-0.1, -0.05) is 18.2 Å². The highest BCUT2D eigenvalue weighted by Crippen LogP contribution is 2.16. The molecule has 2 rings (SSSR count). The second-order valence-corrected chi connectivity index (χ2v) is 5.45. The van der Waals surface area contributed by atoms with Crippen LogP contribution in [-0.2, 0) is 13.6 Å². The molecule has 0 saturated carbocycles. The highest BCUT2D eigenvalue weighted by atomic mass is 16.2. The fourth-order valence-electron chi connectivity index (χ4n) is 2.29. The molecule has 20 heavy (non-hydrogen) atoms. The van der Waals surface area contributed by atoms with Crippen LogP contribution in [-0.4, -0.2) is 21.4 Å². The lowest BCUT2D eigenvalue weighted by molar-refractivity contribution is 0.0685. The second kappa shape index (κ2) is 5.95. The van der Waals surface area contributed by atoms with Gasteiger partial charge in [0.15, 0.2) is 0 Å². The monoisotopic (exact) mass is 270 g/mol. The number of nitrogens with zero attached hydrogens (tertiary/aromatic N) is 2. The van der Waals surface area contributed by atoms with Crippen molar-refractivity contribution in [1.82, 2.24) is 9.47 Å². The minimum Gasteiger partial charge on any atom is -0.353 e. The van der Waals surface area contributed by atoms with Gasteiger partial charge in [-0.15, -0.1) is 0 Å². The smallest absolute Gasteiger partial charge is 0.254 e. The molecule has 0 spiro atoms. The van der Waals surface area contributed by atoms with Gasteiger partial charge in [-0.05, 0) is 44.5 Å². The van der Waals surface area contributed by atoms with E-state index in [4.69, 9.17) is 0 Å². The van der Waals surface area contributed by atoms with Gasteiger partial charge < -0.3 is 9.47 Å². The molecule has 0 bridgehead atoms. The van der Waals surface area contributed by atoms with Gasteiger partial charge in [0.2, 0.25) is 0 Å². The maximum Gasteiger partial charge on any atom is 0.254 e. The lowest BCUT2D eigenvalue weighted by atomic mass is 10.1. The normalized spacial score (nSPS) is 10.8. The number of rotatable bonds is 4. The van der Waals surface area contributed by atoms with Crippen molar-refractivity contribution in [3.05, 3.63) is 59.4 Å². The summed E-state index contributed by atoms with van der Waals surface area (Å²) >= 11 is 0. The third-order valence-electron chi connectivity index (χ3n) is 3.64. The van der Waals surface area contributed by atoms with Crippen LogP contribution in [0.15, 0.2) is 42.6 Å². The van der Waals surface area contributed by atoms with Crippen LogP contribution in [0.5, 0.6) is 0 Å². The minimum atomic E-state index is 0.0966. The fraction of sp³-hybridized carbons (Fsp3) is 0.353. The van der Waals surface area contributed by atoms with Crippen molar-refractivity contribution in [2.45, 2.75) is 33.4 Å². The third-order valence-corrected chi connectivity index (χ3v) is 3.64. The first-order valence-corrected chi connectivity index (χ1v) is 6.97. The predicted molar refractivity (Wildman–Crippen MR) is 81.6 cm³/mol. The summed E-state index contributed by atoms with van der Waals surface area (Å²) in [6, 6.07) is 12.0. The summed E-state index contributed by atoms with van der Waals surface area (Å²) in [5.41, 5.74) is 2.95. The number of hydrogen-bond acceptors (Lipinski definition) is 1. The molecule has 3 heteroatoms. The molecular formula is C17H22N2O. The molecule has 0 aliphatic rings. The Morgan fingerprint density at radius 2 is 1.90 bits per heavy atom. The van der Waals surface area contributed by atoms with Crippen LogP contribution in [0.1, 0.15) is 35.5 Å². The van der Waals surface area contributed by atoms with Gasteiger partial charge >= 0.3 is 0 Å². The summed E-state index contributed by atoms with van der Waals surface area (Å²) in [4.78, 5) is 14.7. The Bertz CT molecular complexity index is 599. The van der Waals surface area contributed by atoms with Gasteiger partial charge in [0, 0.05) is 30.5 Å². The van der Waals surface area contributed by atoms with Crippen molar-refractivity contribution < 1.29 is 4.79 Å². The maximum atomic E-state index is 12.8. The van der Waals surface area contributed by atoms with Gasteiger partial charge in [0.1, 0.15) is 0 Å². The lowest BCUT2D eigenvalue weighted by Gasteiger charge is -2.27. The Balaban J connectivity index is 2.28. The lowest BCUT2D eigenvalue weighted by Crippen LogP contribution is -2.37. The summed E-state index contributed by atoms with van der Waals surface area (Å²) in [7, 11) is 2.01. The molecule has 3 nitrogen and oxygen atoms in total. The Morgan fingerprint density at radius 3 is 2.45 bits per heavy atom. The van der Waals surface area contributed by atoms with E-state index in [-0.39, 0.29) is 11.9 Å². The molecule has 1 amide bonds. The van der Waals surface area contributed by atoms with E-state index >= 15 is 0 Å². The standard InChI is InChI=1S/C17H22N2O/c1-13(2)19(12-15-9-7-11-18(15)4)17(20)16-10-6-5-8-14(16)3/h5-11,13H,12H2,1-4H3. The summed E-state index contributed by atoms with van der Waals surface area (Å²) in [5.74, 6) is 0.0966. The highest BCUT2D eigenvalue weighted by molar-refractivity contribution is 5.95. The molecule has 0 saturated heterocycles. The zero-order valence-electron chi connectivity index (χ0n) is 12.6. The summed E-state index contributed by atoms with van der Waals surface area (Å²) < 4.78 is 2.06. The summed E-state index contributed by atoms with van der Waals surface area (Å²) in [6.45, 7) is 6.72. The van der Waals surface area contributed by atoms with Gasteiger partial charge in [0.25, 0.3) is 5.91 Å². The molecule has 1 aromatic heterocycles. The molecule has 1 heterocycles. The molecule has 2 aromatic rings. The first kappa shape index (κ1) is 14.4. The number of hydrogen-bond donors (Lipinski definition) is 0. The van der Waals surface area contributed by atoms with Crippen LogP contribution in [0, 0.1) is 6.92 Å². The van der Waals surface area contributed by atoms with Crippen LogP contribution >= 0.6 is 0 Å². The number of aromatic nitrogens is 1. The van der Waals surface area contributed by atoms with E-state index in [0.717, 1.165) is 16.8 Å². The van der Waals surface area contributed by atoms with Crippen LogP contribution in [0.25, 0.3) is 0 Å². The first-order valence-electron chi connectivity index (χ1n) is 6.97. The third kappa shape index (κ3) is 2.93. The van der Waals surface area contributed by atoms with E-state index in [1.807, 2.05) is 55.4 Å². The molecule has 0 unspecified atom stereocenters. The van der Waals surface area contributed by atoms with Crippen molar-refractivity contribution >= 4 is 5.91 Å². The SMILES string of the molecule is Cc1ccccc1C(=O)N(Cc1cccn1C)C(C)C. The maximum absolute atomic E-state index is 12.8. The molecule has 1 aromatic carbocycles. The first-order chi connectivity index (χ1) is 9.50. The molecule has 106 valence electrons. The van der Waals surface area contributed by atoms with E-state index in [9.17, 15) is 4.79 Å². The fourth-order valence-corrected chi connectivity index (χ4v) is 2.29. The van der Waals surface area contributed by atoms with E-state index < -0.39 is 0 Å². The van der Waals surface area contributed by atoms with Crippen molar-refractivity contribution in [2.24, 2.45) is 7.05 Å². The van der Waals surface area contributed by atoms with Crippen LogP contribution in [0.3, 0.4) is 0 Å². The number of aryl methyl sites for hydroxylation is 2. The van der Waals surface area contributed by atoms with E-state index in [1.54, 1.807) is 0 Å². The Labute approximate surface area is 120 Å². The van der Waals surface area contributed by atoms with Crippen molar-refractivity contribution in [2.75, 3.05) is 0 Å². The molecular weight excluding hydrogens is 248 g/mol. The second-order valence-electron chi connectivity index (χ2n) is 5.45. The number of amides is 1. The van der Waals surface area contributed by atoms with Crippen molar-refractivity contribution in [3.8, 4) is 0 Å². The van der Waals surface area contributed by atoms with E-state index in [0.29, 0.717) is 6.54 Å². The van der Waals surface area contributed by atoms with Crippen molar-refractivity contribution in [1.29, 1.82) is 0 Å². The molecule has 0 fully saturated rings. The van der Waals surface area contributed by atoms with E-state index in [1.165, 1.54) is 0 Å². The Hall–Kier alpha value is -2.03. The van der Waals surface area contributed by atoms with Crippen LogP contribution < -0.4 is 0 Å². The molecule has 0 aliphatic carbocycles. The Morgan fingerprint density at radius 1 is 1.20 bits per heavy atom. The van der Waals surface area contributed by atoms with Gasteiger partial charge in [-0.2, -0.15) is 0 Å². The topological polar surface area (TPSA) is 25.2 Å². The molecule has 0 N–H and O–H groups in total. The number of carbonyl (C=O) groups is 1. The van der Waals surface area contributed by atoms with Gasteiger partial charge in [0.05, 0.1) is 6.54 Å². The molecule has 0 aliphatic heterocycles. The zero-order valence-corrected chi connectivity index (χ0v) is 12.6. The van der Waals surface area contributed by atoms with Crippen molar-refractivity contribution in [3.63, 3.8) is 0 Å². The van der Waals surface area contributed by atoms with Gasteiger partial charge in [-0.3, -0.25) is 4.79 Å². The average Bonchev–Trinajstić information content (AvgIpc) is 2.81.